The van der Waals surface area contributed by atoms with E-state index in [1.807, 2.05) is 26.0 Å². The third-order valence-electron chi connectivity index (χ3n) is 4.99. The Balaban J connectivity index is 2.08. The molecule has 2 aliphatic carbocycles. The molecule has 0 aliphatic heterocycles. The van der Waals surface area contributed by atoms with Gasteiger partial charge in [0.25, 0.3) is 0 Å². The van der Waals surface area contributed by atoms with Crippen LogP contribution in [0.25, 0.3) is 5.57 Å². The molecule has 1 nitrogen and oxygen atoms in total. The van der Waals surface area contributed by atoms with Crippen LogP contribution in [0.2, 0.25) is 0 Å². The molecule has 24 heavy (non-hydrogen) atoms. The van der Waals surface area contributed by atoms with Gasteiger partial charge < -0.3 is 0 Å². The van der Waals surface area contributed by atoms with Gasteiger partial charge in [-0.2, -0.15) is 0 Å². The van der Waals surface area contributed by atoms with Crippen LogP contribution >= 0.6 is 0 Å². The molecular weight excluding hydrogens is 292 g/mol. The number of aryl methyl sites for hydroxylation is 2. The van der Waals surface area contributed by atoms with Crippen LogP contribution in [0.15, 0.2) is 77.4 Å². The minimum atomic E-state index is 0.148. The maximum absolute atomic E-state index is 12.2. The predicted molar refractivity (Wildman–Crippen MR) is 98.8 cm³/mol. The molecule has 2 aliphatic rings. The quantitative estimate of drug-likeness (QED) is 0.664. The first-order valence-corrected chi connectivity index (χ1v) is 8.47. The third kappa shape index (κ3) is 2.37. The van der Waals surface area contributed by atoms with Crippen molar-refractivity contribution < 1.29 is 4.79 Å². The lowest BCUT2D eigenvalue weighted by atomic mass is 9.85. The Hall–Kier alpha value is -2.67. The van der Waals surface area contributed by atoms with Crippen molar-refractivity contribution >= 4 is 11.4 Å². The third-order valence-corrected chi connectivity index (χ3v) is 4.99. The lowest BCUT2D eigenvalue weighted by Gasteiger charge is -2.18. The number of carbonyl (C=O) groups excluding carboxylic acids is 1. The van der Waals surface area contributed by atoms with Crippen LogP contribution in [-0.2, 0) is 17.6 Å². The van der Waals surface area contributed by atoms with Gasteiger partial charge in [-0.05, 0) is 83.4 Å². The maximum atomic E-state index is 12.2. The van der Waals surface area contributed by atoms with Crippen molar-refractivity contribution in [2.45, 2.75) is 26.7 Å². The van der Waals surface area contributed by atoms with Crippen LogP contribution in [0.5, 0.6) is 0 Å². The van der Waals surface area contributed by atoms with E-state index in [0.29, 0.717) is 0 Å². The van der Waals surface area contributed by atoms with Crippen LogP contribution in [0.4, 0.5) is 0 Å². The normalized spacial score (nSPS) is 16.8. The zero-order valence-corrected chi connectivity index (χ0v) is 14.1. The Morgan fingerprint density at radius 2 is 1.17 bits per heavy atom. The molecule has 4 rings (SSSR count). The van der Waals surface area contributed by atoms with Crippen molar-refractivity contribution in [1.29, 1.82) is 0 Å². The Morgan fingerprint density at radius 1 is 0.708 bits per heavy atom. The number of fused-ring (bicyclic) bond motifs is 2. The SMILES string of the molecule is CC1=CC(=C2c3ccccc3CCc3ccccc32)C=C(C)C1=O. The summed E-state index contributed by atoms with van der Waals surface area (Å²) in [7, 11) is 0. The second-order valence-electron chi connectivity index (χ2n) is 6.63. The van der Waals surface area contributed by atoms with Crippen molar-refractivity contribution in [3.63, 3.8) is 0 Å². The van der Waals surface area contributed by atoms with Crippen molar-refractivity contribution in [1.82, 2.24) is 0 Å². The van der Waals surface area contributed by atoms with E-state index >= 15 is 0 Å². The van der Waals surface area contributed by atoms with Gasteiger partial charge in [-0.25, -0.2) is 0 Å². The minimum absolute atomic E-state index is 0.148. The van der Waals surface area contributed by atoms with Gasteiger partial charge in [0.05, 0.1) is 0 Å². The van der Waals surface area contributed by atoms with E-state index in [9.17, 15) is 4.79 Å². The molecule has 0 radical (unpaired) electrons. The second kappa shape index (κ2) is 5.76. The monoisotopic (exact) mass is 312 g/mol. The highest BCUT2D eigenvalue weighted by Gasteiger charge is 2.22. The first kappa shape index (κ1) is 14.9. The van der Waals surface area contributed by atoms with Gasteiger partial charge in [0.15, 0.2) is 5.78 Å². The number of carbonyl (C=O) groups is 1. The van der Waals surface area contributed by atoms with Crippen molar-refractivity contribution in [2.24, 2.45) is 0 Å². The summed E-state index contributed by atoms with van der Waals surface area (Å²) in [6.07, 6.45) is 6.19. The number of hydrogen-bond acceptors (Lipinski definition) is 1. The second-order valence-corrected chi connectivity index (χ2v) is 6.63. The fourth-order valence-corrected chi connectivity index (χ4v) is 3.78. The molecule has 0 aromatic heterocycles. The standard InChI is InChI=1S/C23H20O/c1-15-13-19(14-16(2)23(15)24)22-20-9-5-3-7-17(20)11-12-18-8-4-6-10-21(18)22/h3-10,13-14H,11-12H2,1-2H3. The van der Waals surface area contributed by atoms with Gasteiger partial charge in [-0.3, -0.25) is 4.79 Å². The Morgan fingerprint density at radius 3 is 1.67 bits per heavy atom. The zero-order chi connectivity index (χ0) is 16.7. The number of allylic oxidation sites excluding steroid dienone is 5. The summed E-state index contributed by atoms with van der Waals surface area (Å²) in [5.74, 6) is 0.148. The van der Waals surface area contributed by atoms with Crippen LogP contribution in [0.1, 0.15) is 36.1 Å². The molecule has 0 amide bonds. The lowest BCUT2D eigenvalue weighted by molar-refractivity contribution is -0.112. The molecule has 0 spiro atoms. The number of hydrogen-bond donors (Lipinski definition) is 0. The topological polar surface area (TPSA) is 17.1 Å². The average Bonchev–Trinajstić information content (AvgIpc) is 2.76. The first-order valence-electron chi connectivity index (χ1n) is 8.47. The van der Waals surface area contributed by atoms with E-state index in [1.54, 1.807) is 0 Å². The summed E-state index contributed by atoms with van der Waals surface area (Å²) in [6, 6.07) is 17.3. The van der Waals surface area contributed by atoms with Crippen LogP contribution in [0, 0.1) is 0 Å². The highest BCUT2D eigenvalue weighted by molar-refractivity contribution is 6.10. The molecule has 0 unspecified atom stereocenters. The number of benzene rings is 2. The molecule has 0 bridgehead atoms. The number of rotatable bonds is 0. The molecule has 2 aromatic rings. The summed E-state index contributed by atoms with van der Waals surface area (Å²) >= 11 is 0. The molecule has 0 fully saturated rings. The highest BCUT2D eigenvalue weighted by Crippen LogP contribution is 2.38. The lowest BCUT2D eigenvalue weighted by Crippen LogP contribution is -2.07. The predicted octanol–water partition coefficient (Wildman–Crippen LogP) is 5.06. The summed E-state index contributed by atoms with van der Waals surface area (Å²) in [6.45, 7) is 3.82. The summed E-state index contributed by atoms with van der Waals surface area (Å²) in [5.41, 5.74) is 9.37. The van der Waals surface area contributed by atoms with Gasteiger partial charge >= 0.3 is 0 Å². The fraction of sp³-hybridized carbons (Fsp3) is 0.174. The molecule has 0 saturated heterocycles. The Labute approximate surface area is 143 Å². The molecule has 1 heteroatoms. The van der Waals surface area contributed by atoms with E-state index in [1.165, 1.54) is 27.8 Å². The summed E-state index contributed by atoms with van der Waals surface area (Å²) in [5, 5.41) is 0. The molecule has 2 aromatic carbocycles. The minimum Gasteiger partial charge on any atom is -0.289 e. The molecule has 0 atom stereocenters. The van der Waals surface area contributed by atoms with Crippen molar-refractivity contribution in [3.8, 4) is 0 Å². The maximum Gasteiger partial charge on any atom is 0.184 e. The Bertz CT molecular complexity index is 865. The van der Waals surface area contributed by atoms with Crippen LogP contribution in [-0.4, -0.2) is 5.78 Å². The van der Waals surface area contributed by atoms with Gasteiger partial charge in [0.2, 0.25) is 0 Å². The van der Waals surface area contributed by atoms with E-state index < -0.39 is 0 Å². The van der Waals surface area contributed by atoms with Crippen LogP contribution < -0.4 is 0 Å². The number of Topliss-reactive ketones (excluding diaryl/α,β-unsaturated/α-hetero) is 1. The van der Waals surface area contributed by atoms with E-state index in [4.69, 9.17) is 0 Å². The smallest absolute Gasteiger partial charge is 0.184 e. The van der Waals surface area contributed by atoms with Crippen molar-refractivity contribution in [3.05, 3.63) is 99.7 Å². The molecule has 0 saturated carbocycles. The fourth-order valence-electron chi connectivity index (χ4n) is 3.78. The van der Waals surface area contributed by atoms with Gasteiger partial charge in [0.1, 0.15) is 0 Å². The Kier molecular flexibility index (Phi) is 3.57. The largest absolute Gasteiger partial charge is 0.289 e. The number of ketones is 1. The van der Waals surface area contributed by atoms with Gasteiger partial charge in [-0.1, -0.05) is 48.5 Å². The van der Waals surface area contributed by atoms with Crippen molar-refractivity contribution in [2.75, 3.05) is 0 Å². The molecular formula is C23H20O. The molecule has 0 heterocycles. The summed E-state index contributed by atoms with van der Waals surface area (Å²) in [4.78, 5) is 12.2. The van der Waals surface area contributed by atoms with Crippen LogP contribution in [0.3, 0.4) is 0 Å². The highest BCUT2D eigenvalue weighted by atomic mass is 16.1. The zero-order valence-electron chi connectivity index (χ0n) is 14.1. The first-order chi connectivity index (χ1) is 11.6. The van der Waals surface area contributed by atoms with Gasteiger partial charge in [0, 0.05) is 0 Å². The van der Waals surface area contributed by atoms with E-state index in [0.717, 1.165) is 29.6 Å². The van der Waals surface area contributed by atoms with E-state index in [-0.39, 0.29) is 5.78 Å². The van der Waals surface area contributed by atoms with Gasteiger partial charge in [-0.15, -0.1) is 0 Å². The average molecular weight is 312 g/mol. The molecule has 118 valence electrons. The summed E-state index contributed by atoms with van der Waals surface area (Å²) < 4.78 is 0. The van der Waals surface area contributed by atoms with E-state index in [2.05, 4.69) is 48.5 Å². The molecule has 0 N–H and O–H groups in total.